The largest absolute Gasteiger partial charge is 0.353 e. The van der Waals surface area contributed by atoms with Crippen LogP contribution in [0.3, 0.4) is 0 Å². The maximum atomic E-state index is 14.3. The second kappa shape index (κ2) is 7.79. The molecule has 0 saturated carbocycles. The number of amides is 1. The van der Waals surface area contributed by atoms with Crippen molar-refractivity contribution in [2.45, 2.75) is 19.9 Å². The third-order valence-corrected chi connectivity index (χ3v) is 5.44. The van der Waals surface area contributed by atoms with E-state index in [1.807, 2.05) is 31.0 Å². The van der Waals surface area contributed by atoms with Crippen molar-refractivity contribution in [3.8, 4) is 11.1 Å². The Morgan fingerprint density at radius 3 is 2.52 bits per heavy atom. The molecular formula is C21H25FN6O. The molecule has 2 N–H and O–H groups in total. The molecule has 0 spiro atoms. The Kier molecular flexibility index (Phi) is 5.19. The number of hydrogen-bond donors (Lipinski definition) is 1. The Balaban J connectivity index is 1.55. The zero-order chi connectivity index (χ0) is 20.5. The maximum Gasteiger partial charge on any atom is 0.239 e. The molecule has 29 heavy (non-hydrogen) atoms. The Hall–Kier alpha value is -3.00. The number of hydrogen-bond acceptors (Lipinski definition) is 5. The fourth-order valence-electron chi connectivity index (χ4n) is 3.56. The van der Waals surface area contributed by atoms with Crippen LogP contribution in [0.2, 0.25) is 0 Å². The number of anilines is 1. The van der Waals surface area contributed by atoms with Crippen LogP contribution in [0.25, 0.3) is 16.8 Å². The third kappa shape index (κ3) is 3.67. The Morgan fingerprint density at radius 1 is 1.10 bits per heavy atom. The SMILES string of the molecule is CC(C)[C@H](N)C(=O)N1CCN(c2ccn3ncc(-c4ccccc4F)c3n2)CC1. The van der Waals surface area contributed by atoms with Gasteiger partial charge in [-0.15, -0.1) is 0 Å². The monoisotopic (exact) mass is 396 g/mol. The molecule has 3 aromatic rings. The summed E-state index contributed by atoms with van der Waals surface area (Å²) in [7, 11) is 0. The summed E-state index contributed by atoms with van der Waals surface area (Å²) in [5.74, 6) is 0.600. The van der Waals surface area contributed by atoms with Crippen LogP contribution in [0.4, 0.5) is 10.2 Å². The summed E-state index contributed by atoms with van der Waals surface area (Å²) in [6.45, 7) is 6.45. The van der Waals surface area contributed by atoms with E-state index in [9.17, 15) is 9.18 Å². The van der Waals surface area contributed by atoms with Gasteiger partial charge in [0.1, 0.15) is 11.6 Å². The highest BCUT2D eigenvalue weighted by molar-refractivity contribution is 5.82. The Labute approximate surface area is 168 Å². The highest BCUT2D eigenvalue weighted by Crippen LogP contribution is 2.27. The minimum Gasteiger partial charge on any atom is -0.353 e. The van der Waals surface area contributed by atoms with Crippen LogP contribution in [0.5, 0.6) is 0 Å². The molecule has 1 aliphatic rings. The van der Waals surface area contributed by atoms with Gasteiger partial charge in [-0.25, -0.2) is 13.9 Å². The Bertz CT molecular complexity index is 1020. The average molecular weight is 396 g/mol. The number of carbonyl (C=O) groups is 1. The minimum atomic E-state index is -0.467. The van der Waals surface area contributed by atoms with Crippen molar-refractivity contribution in [1.29, 1.82) is 0 Å². The van der Waals surface area contributed by atoms with Crippen molar-refractivity contribution < 1.29 is 9.18 Å². The number of halogens is 1. The van der Waals surface area contributed by atoms with E-state index in [1.165, 1.54) is 6.07 Å². The number of aromatic nitrogens is 3. The van der Waals surface area contributed by atoms with Gasteiger partial charge in [0, 0.05) is 43.5 Å². The lowest BCUT2D eigenvalue weighted by Crippen LogP contribution is -2.54. The average Bonchev–Trinajstić information content (AvgIpc) is 3.16. The van der Waals surface area contributed by atoms with Crippen molar-refractivity contribution in [1.82, 2.24) is 19.5 Å². The minimum absolute atomic E-state index is 0.000639. The summed E-state index contributed by atoms with van der Waals surface area (Å²) < 4.78 is 15.9. The molecule has 1 fully saturated rings. The van der Waals surface area contributed by atoms with Crippen LogP contribution < -0.4 is 10.6 Å². The van der Waals surface area contributed by atoms with Gasteiger partial charge in [-0.1, -0.05) is 32.0 Å². The fraction of sp³-hybridized carbons (Fsp3) is 0.381. The molecule has 0 bridgehead atoms. The smallest absolute Gasteiger partial charge is 0.239 e. The first-order valence-corrected chi connectivity index (χ1v) is 9.84. The van der Waals surface area contributed by atoms with Gasteiger partial charge in [0.05, 0.1) is 12.2 Å². The third-order valence-electron chi connectivity index (χ3n) is 5.44. The topological polar surface area (TPSA) is 79.8 Å². The van der Waals surface area contributed by atoms with Gasteiger partial charge in [-0.3, -0.25) is 4.79 Å². The number of benzene rings is 1. The van der Waals surface area contributed by atoms with Gasteiger partial charge in [0.25, 0.3) is 0 Å². The van der Waals surface area contributed by atoms with E-state index in [-0.39, 0.29) is 17.6 Å². The second-order valence-corrected chi connectivity index (χ2v) is 7.67. The molecule has 0 radical (unpaired) electrons. The van der Waals surface area contributed by atoms with Crippen LogP contribution in [0.15, 0.2) is 42.7 Å². The lowest BCUT2D eigenvalue weighted by atomic mass is 10.0. The van der Waals surface area contributed by atoms with Crippen LogP contribution in [-0.2, 0) is 4.79 Å². The van der Waals surface area contributed by atoms with E-state index in [0.717, 1.165) is 5.82 Å². The predicted octanol–water partition coefficient (Wildman–Crippen LogP) is 2.17. The van der Waals surface area contributed by atoms with Gasteiger partial charge >= 0.3 is 0 Å². The summed E-state index contributed by atoms with van der Waals surface area (Å²) in [6, 6.07) is 8.04. The van der Waals surface area contributed by atoms with Crippen LogP contribution in [0.1, 0.15) is 13.8 Å². The van der Waals surface area contributed by atoms with Gasteiger partial charge in [0.2, 0.25) is 5.91 Å². The molecule has 8 heteroatoms. The molecule has 1 aliphatic heterocycles. The zero-order valence-electron chi connectivity index (χ0n) is 16.6. The number of rotatable bonds is 4. The molecule has 1 atom stereocenters. The lowest BCUT2D eigenvalue weighted by molar-refractivity contribution is -0.133. The molecule has 1 saturated heterocycles. The van der Waals surface area contributed by atoms with Crippen molar-refractivity contribution in [3.63, 3.8) is 0 Å². The summed E-state index contributed by atoms with van der Waals surface area (Å²) in [6.07, 6.45) is 3.46. The van der Waals surface area contributed by atoms with E-state index in [2.05, 4.69) is 10.00 Å². The van der Waals surface area contributed by atoms with Crippen molar-refractivity contribution in [3.05, 3.63) is 48.5 Å². The number of piperazine rings is 1. The van der Waals surface area contributed by atoms with Gasteiger partial charge in [0.15, 0.2) is 5.65 Å². The van der Waals surface area contributed by atoms with Gasteiger partial charge < -0.3 is 15.5 Å². The first-order chi connectivity index (χ1) is 14.0. The molecule has 152 valence electrons. The number of nitrogens with zero attached hydrogens (tertiary/aromatic N) is 5. The van der Waals surface area contributed by atoms with Crippen LogP contribution in [-0.4, -0.2) is 57.6 Å². The van der Waals surface area contributed by atoms with E-state index in [0.29, 0.717) is 43.0 Å². The lowest BCUT2D eigenvalue weighted by Gasteiger charge is -2.37. The number of fused-ring (bicyclic) bond motifs is 1. The van der Waals surface area contributed by atoms with E-state index >= 15 is 0 Å². The molecule has 0 unspecified atom stereocenters. The van der Waals surface area contributed by atoms with E-state index in [1.54, 1.807) is 28.9 Å². The van der Waals surface area contributed by atoms with Crippen molar-refractivity contribution in [2.75, 3.05) is 31.1 Å². The molecular weight excluding hydrogens is 371 g/mol. The highest BCUT2D eigenvalue weighted by atomic mass is 19.1. The number of nitrogens with two attached hydrogens (primary N) is 1. The summed E-state index contributed by atoms with van der Waals surface area (Å²) in [5, 5.41) is 4.30. The fourth-order valence-corrected chi connectivity index (χ4v) is 3.56. The molecule has 4 rings (SSSR count). The van der Waals surface area contributed by atoms with Crippen molar-refractivity contribution in [2.24, 2.45) is 11.7 Å². The first kappa shape index (κ1) is 19.3. The molecule has 1 amide bonds. The van der Waals surface area contributed by atoms with Crippen LogP contribution in [0, 0.1) is 11.7 Å². The predicted molar refractivity (Wildman–Crippen MR) is 110 cm³/mol. The highest BCUT2D eigenvalue weighted by Gasteiger charge is 2.27. The second-order valence-electron chi connectivity index (χ2n) is 7.67. The number of carbonyl (C=O) groups excluding carboxylic acids is 1. The first-order valence-electron chi connectivity index (χ1n) is 9.84. The van der Waals surface area contributed by atoms with Gasteiger partial charge in [-0.2, -0.15) is 5.10 Å². The summed E-state index contributed by atoms with van der Waals surface area (Å²) in [5.41, 5.74) is 7.75. The molecule has 2 aromatic heterocycles. The summed E-state index contributed by atoms with van der Waals surface area (Å²) >= 11 is 0. The summed E-state index contributed by atoms with van der Waals surface area (Å²) in [4.78, 5) is 21.2. The normalized spacial score (nSPS) is 15.9. The van der Waals surface area contributed by atoms with Crippen molar-refractivity contribution >= 4 is 17.4 Å². The quantitative estimate of drug-likeness (QED) is 0.731. The molecule has 3 heterocycles. The Morgan fingerprint density at radius 2 is 1.83 bits per heavy atom. The molecule has 1 aromatic carbocycles. The van der Waals surface area contributed by atoms with E-state index < -0.39 is 6.04 Å². The van der Waals surface area contributed by atoms with Crippen LogP contribution >= 0.6 is 0 Å². The standard InChI is InChI=1S/C21H25FN6O/c1-14(2)19(23)21(29)27-11-9-26(10-12-27)18-7-8-28-20(25-18)16(13-24-28)15-5-3-4-6-17(15)22/h3-8,13-14,19H,9-12,23H2,1-2H3/t19-/m0/s1. The van der Waals surface area contributed by atoms with Gasteiger partial charge in [-0.05, 0) is 18.1 Å². The zero-order valence-corrected chi connectivity index (χ0v) is 16.6. The maximum absolute atomic E-state index is 14.3. The van der Waals surface area contributed by atoms with E-state index in [4.69, 9.17) is 10.7 Å². The molecule has 0 aliphatic carbocycles. The molecule has 7 nitrogen and oxygen atoms in total.